The first-order chi connectivity index (χ1) is 12.4. The Hall–Kier alpha value is -2.22. The van der Waals surface area contributed by atoms with Crippen LogP contribution in [0.15, 0.2) is 53.4 Å². The summed E-state index contributed by atoms with van der Waals surface area (Å²) in [6.45, 7) is 4.76. The predicted octanol–water partition coefficient (Wildman–Crippen LogP) is 2.66. The zero-order valence-corrected chi connectivity index (χ0v) is 15.6. The number of nitrogens with zero attached hydrogens (tertiary/aromatic N) is 1. The van der Waals surface area contributed by atoms with Crippen molar-refractivity contribution in [3.63, 3.8) is 0 Å². The van der Waals surface area contributed by atoms with Crippen molar-refractivity contribution in [1.29, 1.82) is 0 Å². The van der Waals surface area contributed by atoms with E-state index >= 15 is 0 Å². The van der Waals surface area contributed by atoms with Gasteiger partial charge in [0, 0.05) is 23.8 Å². The molecule has 1 amide bonds. The zero-order chi connectivity index (χ0) is 18.7. The van der Waals surface area contributed by atoms with Gasteiger partial charge in [-0.3, -0.25) is 4.79 Å². The molecule has 138 valence electrons. The molecule has 0 aliphatic carbocycles. The molecular weight excluding hydrogens is 352 g/mol. The Morgan fingerprint density at radius 3 is 2.69 bits per heavy atom. The first-order valence-corrected chi connectivity index (χ1v) is 9.90. The van der Waals surface area contributed by atoms with Crippen molar-refractivity contribution in [2.45, 2.75) is 24.8 Å². The van der Waals surface area contributed by atoms with E-state index in [0.717, 1.165) is 5.56 Å². The molecule has 0 bridgehead atoms. The molecule has 0 spiro atoms. The Kier molecular flexibility index (Phi) is 5.41. The largest absolute Gasteiger partial charge is 0.378 e. The first kappa shape index (κ1) is 18.6. The predicted molar refractivity (Wildman–Crippen MR) is 99.7 cm³/mol. The number of hydrogen-bond acceptors (Lipinski definition) is 4. The van der Waals surface area contributed by atoms with E-state index < -0.39 is 10.0 Å². The molecule has 1 aliphatic heterocycles. The molecule has 0 aromatic heterocycles. The number of para-hydroxylation sites is 1. The molecule has 2 aromatic carbocycles. The molecule has 0 radical (unpaired) electrons. The van der Waals surface area contributed by atoms with Gasteiger partial charge in [-0.15, -0.1) is 0 Å². The van der Waals surface area contributed by atoms with Crippen molar-refractivity contribution in [1.82, 2.24) is 4.31 Å². The van der Waals surface area contributed by atoms with Gasteiger partial charge in [0.1, 0.15) is 0 Å². The van der Waals surface area contributed by atoms with E-state index in [2.05, 4.69) is 5.32 Å². The van der Waals surface area contributed by atoms with Crippen molar-refractivity contribution in [2.24, 2.45) is 0 Å². The van der Waals surface area contributed by atoms with Gasteiger partial charge in [-0.1, -0.05) is 24.3 Å². The Labute approximate surface area is 153 Å². The highest BCUT2D eigenvalue weighted by Gasteiger charge is 2.31. The summed E-state index contributed by atoms with van der Waals surface area (Å²) >= 11 is 0. The molecule has 1 unspecified atom stereocenters. The average Bonchev–Trinajstić information content (AvgIpc) is 2.64. The molecule has 6 nitrogen and oxygen atoms in total. The minimum Gasteiger partial charge on any atom is -0.378 e. The summed E-state index contributed by atoms with van der Waals surface area (Å²) in [6.07, 6.45) is 0. The lowest BCUT2D eigenvalue weighted by Gasteiger charge is -2.32. The number of hydrogen-bond donors (Lipinski definition) is 1. The number of nitrogens with one attached hydrogen (secondary N) is 1. The Bertz CT molecular complexity index is 911. The van der Waals surface area contributed by atoms with Crippen LogP contribution in [-0.2, 0) is 14.8 Å². The van der Waals surface area contributed by atoms with E-state index in [1.54, 1.807) is 12.1 Å². The van der Waals surface area contributed by atoms with Crippen LogP contribution in [0.2, 0.25) is 0 Å². The third kappa shape index (κ3) is 3.80. The van der Waals surface area contributed by atoms with Crippen LogP contribution in [0, 0.1) is 6.92 Å². The lowest BCUT2D eigenvalue weighted by Crippen LogP contribution is -2.46. The molecule has 1 N–H and O–H groups in total. The topological polar surface area (TPSA) is 75.7 Å². The normalized spacial score (nSPS) is 18.5. The summed E-state index contributed by atoms with van der Waals surface area (Å²) in [5.74, 6) is -0.341. The fraction of sp³-hybridized carbons (Fsp3) is 0.316. The molecule has 0 saturated carbocycles. The lowest BCUT2D eigenvalue weighted by molar-refractivity contribution is 0.0393. The van der Waals surface area contributed by atoms with E-state index in [9.17, 15) is 13.2 Å². The number of carbonyl (C=O) groups excluding carboxylic acids is 1. The van der Waals surface area contributed by atoms with Gasteiger partial charge in [-0.2, -0.15) is 4.31 Å². The molecular formula is C19H22N2O4S. The molecule has 1 heterocycles. The van der Waals surface area contributed by atoms with E-state index in [4.69, 9.17) is 4.74 Å². The zero-order valence-electron chi connectivity index (χ0n) is 14.8. The highest BCUT2D eigenvalue weighted by molar-refractivity contribution is 7.89. The molecule has 3 rings (SSSR count). The molecule has 26 heavy (non-hydrogen) atoms. The maximum atomic E-state index is 12.9. The number of amides is 1. The molecule has 2 aromatic rings. The molecule has 1 atom stereocenters. The molecule has 1 fully saturated rings. The first-order valence-electron chi connectivity index (χ1n) is 8.46. The number of anilines is 1. The third-order valence-corrected chi connectivity index (χ3v) is 6.41. The number of benzene rings is 2. The van der Waals surface area contributed by atoms with Crippen molar-refractivity contribution in [3.05, 3.63) is 59.7 Å². The highest BCUT2D eigenvalue weighted by atomic mass is 32.2. The minimum absolute atomic E-state index is 0.115. The second-order valence-corrected chi connectivity index (χ2v) is 8.23. The lowest BCUT2D eigenvalue weighted by atomic mass is 10.1. The van der Waals surface area contributed by atoms with Gasteiger partial charge in [-0.05, 0) is 43.7 Å². The summed E-state index contributed by atoms with van der Waals surface area (Å²) < 4.78 is 32.6. The van der Waals surface area contributed by atoms with Crippen molar-refractivity contribution in [3.8, 4) is 0 Å². The second kappa shape index (κ2) is 7.57. The van der Waals surface area contributed by atoms with Crippen LogP contribution in [0.4, 0.5) is 5.69 Å². The Morgan fingerprint density at radius 2 is 1.96 bits per heavy atom. The summed E-state index contributed by atoms with van der Waals surface area (Å²) in [4.78, 5) is 12.7. The summed E-state index contributed by atoms with van der Waals surface area (Å²) in [5.41, 5.74) is 1.94. The van der Waals surface area contributed by atoms with Crippen LogP contribution >= 0.6 is 0 Å². The monoisotopic (exact) mass is 374 g/mol. The van der Waals surface area contributed by atoms with Gasteiger partial charge >= 0.3 is 0 Å². The van der Waals surface area contributed by atoms with Crippen molar-refractivity contribution in [2.75, 3.05) is 25.1 Å². The Balaban J connectivity index is 1.86. The van der Waals surface area contributed by atoms with Crippen LogP contribution in [0.1, 0.15) is 22.8 Å². The summed E-state index contributed by atoms with van der Waals surface area (Å²) in [7, 11) is -3.67. The molecule has 1 saturated heterocycles. The fourth-order valence-electron chi connectivity index (χ4n) is 2.91. The maximum Gasteiger partial charge on any atom is 0.255 e. The van der Waals surface area contributed by atoms with Crippen molar-refractivity contribution < 1.29 is 17.9 Å². The van der Waals surface area contributed by atoms with Gasteiger partial charge in [-0.25, -0.2) is 8.42 Å². The van der Waals surface area contributed by atoms with Gasteiger partial charge in [0.2, 0.25) is 10.0 Å². The number of morpholine rings is 1. The SMILES string of the molecule is Cc1ccccc1NC(=O)c1cccc(S(=O)(=O)N2CCOCC2C)c1. The molecule has 7 heteroatoms. The highest BCUT2D eigenvalue weighted by Crippen LogP contribution is 2.22. The average molecular weight is 374 g/mol. The van der Waals surface area contributed by atoms with Crippen LogP contribution in [0.5, 0.6) is 0 Å². The number of sulfonamides is 1. The van der Waals surface area contributed by atoms with E-state index in [1.807, 2.05) is 38.1 Å². The van der Waals surface area contributed by atoms with Crippen LogP contribution in [0.3, 0.4) is 0 Å². The van der Waals surface area contributed by atoms with E-state index in [-0.39, 0.29) is 16.8 Å². The quantitative estimate of drug-likeness (QED) is 0.893. The maximum absolute atomic E-state index is 12.9. The van der Waals surface area contributed by atoms with Gasteiger partial charge < -0.3 is 10.1 Å². The van der Waals surface area contributed by atoms with Crippen LogP contribution < -0.4 is 5.32 Å². The van der Waals surface area contributed by atoms with Crippen LogP contribution in [0.25, 0.3) is 0 Å². The third-order valence-electron chi connectivity index (χ3n) is 4.40. The van der Waals surface area contributed by atoms with Crippen molar-refractivity contribution >= 4 is 21.6 Å². The minimum atomic E-state index is -3.67. The number of ether oxygens (including phenoxy) is 1. The summed E-state index contributed by atoms with van der Waals surface area (Å²) in [6, 6.07) is 13.3. The fourth-order valence-corrected chi connectivity index (χ4v) is 4.56. The smallest absolute Gasteiger partial charge is 0.255 e. The number of rotatable bonds is 4. The molecule has 1 aliphatic rings. The number of carbonyl (C=O) groups is 1. The van der Waals surface area contributed by atoms with Gasteiger partial charge in [0.25, 0.3) is 5.91 Å². The van der Waals surface area contributed by atoms with E-state index in [0.29, 0.717) is 31.0 Å². The second-order valence-electron chi connectivity index (χ2n) is 6.34. The Morgan fingerprint density at radius 1 is 1.19 bits per heavy atom. The van der Waals surface area contributed by atoms with Gasteiger partial charge in [0.15, 0.2) is 0 Å². The summed E-state index contributed by atoms with van der Waals surface area (Å²) in [5, 5.41) is 2.83. The standard InChI is InChI=1S/C19H22N2O4S/c1-14-6-3-4-9-18(14)20-19(22)16-7-5-8-17(12-16)26(23,24)21-10-11-25-13-15(21)2/h3-9,12,15H,10-11,13H2,1-2H3,(H,20,22). The number of aryl methyl sites for hydroxylation is 1. The van der Waals surface area contributed by atoms with E-state index in [1.165, 1.54) is 16.4 Å². The van der Waals surface area contributed by atoms with Gasteiger partial charge in [0.05, 0.1) is 18.1 Å². The van der Waals surface area contributed by atoms with Crippen LogP contribution in [-0.4, -0.2) is 44.4 Å².